The van der Waals surface area contributed by atoms with Gasteiger partial charge in [-0.25, -0.2) is 0 Å². The number of amides is 1. The monoisotopic (exact) mass is 347 g/mol. The number of aromatic nitrogens is 2. The molecule has 1 N–H and O–H groups in total. The second kappa shape index (κ2) is 6.43. The summed E-state index contributed by atoms with van der Waals surface area (Å²) >= 11 is 3.38. The number of nitrogens with one attached hydrogen (secondary N) is 1. The molecule has 1 aliphatic rings. The zero-order valence-corrected chi connectivity index (χ0v) is 13.4. The maximum atomic E-state index is 12.1. The van der Waals surface area contributed by atoms with Crippen LogP contribution >= 0.6 is 15.9 Å². The number of hydrogen-bond donors (Lipinski definition) is 1. The van der Waals surface area contributed by atoms with E-state index in [0.29, 0.717) is 12.1 Å². The van der Waals surface area contributed by atoms with Crippen LogP contribution < -0.4 is 5.32 Å². The maximum Gasteiger partial charge on any atom is 0.251 e. The zero-order valence-electron chi connectivity index (χ0n) is 11.8. The second-order valence-electron chi connectivity index (χ2n) is 5.31. The quantitative estimate of drug-likeness (QED) is 0.924. The summed E-state index contributed by atoms with van der Waals surface area (Å²) in [4.78, 5) is 12.1. The third-order valence-corrected chi connectivity index (χ3v) is 4.33. The molecule has 110 valence electrons. The van der Waals surface area contributed by atoms with Gasteiger partial charge in [-0.2, -0.15) is 5.10 Å². The van der Waals surface area contributed by atoms with Gasteiger partial charge in [-0.1, -0.05) is 22.0 Å². The van der Waals surface area contributed by atoms with Crippen molar-refractivity contribution >= 4 is 21.8 Å². The van der Waals surface area contributed by atoms with Crippen molar-refractivity contribution in [3.63, 3.8) is 0 Å². The average molecular weight is 348 g/mol. The fourth-order valence-electron chi connectivity index (χ4n) is 2.76. The van der Waals surface area contributed by atoms with E-state index < -0.39 is 0 Å². The van der Waals surface area contributed by atoms with Gasteiger partial charge in [0.2, 0.25) is 0 Å². The van der Waals surface area contributed by atoms with Crippen molar-refractivity contribution in [2.75, 3.05) is 6.54 Å². The minimum absolute atomic E-state index is 0.0441. The van der Waals surface area contributed by atoms with Crippen molar-refractivity contribution in [2.45, 2.75) is 32.2 Å². The van der Waals surface area contributed by atoms with E-state index in [9.17, 15) is 4.79 Å². The Morgan fingerprint density at radius 3 is 3.05 bits per heavy atom. The van der Waals surface area contributed by atoms with Crippen molar-refractivity contribution in [2.24, 2.45) is 0 Å². The van der Waals surface area contributed by atoms with E-state index in [2.05, 4.69) is 26.3 Å². The van der Waals surface area contributed by atoms with Crippen molar-refractivity contribution in [1.82, 2.24) is 15.1 Å². The zero-order chi connectivity index (χ0) is 14.7. The summed E-state index contributed by atoms with van der Waals surface area (Å²) in [6.07, 6.45) is 6.72. The van der Waals surface area contributed by atoms with E-state index in [1.165, 1.54) is 24.1 Å². The third kappa shape index (κ3) is 3.35. The van der Waals surface area contributed by atoms with Gasteiger partial charge in [0.15, 0.2) is 0 Å². The SMILES string of the molecule is O=C(NCCn1ncc2c1CCCC2)c1cccc(Br)c1. The lowest BCUT2D eigenvalue weighted by Crippen LogP contribution is -2.28. The Morgan fingerprint density at radius 1 is 1.33 bits per heavy atom. The van der Waals surface area contributed by atoms with Crippen LogP contribution in [0.2, 0.25) is 0 Å². The van der Waals surface area contributed by atoms with Gasteiger partial charge in [-0.15, -0.1) is 0 Å². The number of rotatable bonds is 4. The summed E-state index contributed by atoms with van der Waals surface area (Å²) in [5.41, 5.74) is 3.39. The third-order valence-electron chi connectivity index (χ3n) is 3.84. The first kappa shape index (κ1) is 14.3. The number of nitrogens with zero attached hydrogens (tertiary/aromatic N) is 2. The number of hydrogen-bond acceptors (Lipinski definition) is 2. The van der Waals surface area contributed by atoms with E-state index in [0.717, 1.165) is 23.9 Å². The Kier molecular flexibility index (Phi) is 4.39. The topological polar surface area (TPSA) is 46.9 Å². The lowest BCUT2D eigenvalue weighted by molar-refractivity contribution is 0.0951. The molecular formula is C16H18BrN3O. The average Bonchev–Trinajstić information content (AvgIpc) is 2.91. The smallest absolute Gasteiger partial charge is 0.251 e. The molecule has 21 heavy (non-hydrogen) atoms. The van der Waals surface area contributed by atoms with Crippen LogP contribution in [0.5, 0.6) is 0 Å². The molecule has 0 radical (unpaired) electrons. The standard InChI is InChI=1S/C16H18BrN3O/c17-14-6-3-5-12(10-14)16(21)18-8-9-20-15-7-2-1-4-13(15)11-19-20/h3,5-6,10-11H,1-2,4,7-9H2,(H,18,21). The molecule has 1 heterocycles. The van der Waals surface area contributed by atoms with Crippen LogP contribution in [0.3, 0.4) is 0 Å². The highest BCUT2D eigenvalue weighted by atomic mass is 79.9. The summed E-state index contributed by atoms with van der Waals surface area (Å²) in [6, 6.07) is 7.41. The van der Waals surface area contributed by atoms with Crippen molar-refractivity contribution in [3.8, 4) is 0 Å². The van der Waals surface area contributed by atoms with Crippen LogP contribution in [-0.2, 0) is 19.4 Å². The highest BCUT2D eigenvalue weighted by Crippen LogP contribution is 2.20. The summed E-state index contributed by atoms with van der Waals surface area (Å²) in [7, 11) is 0. The number of aryl methyl sites for hydroxylation is 1. The van der Waals surface area contributed by atoms with Gasteiger partial charge in [0.1, 0.15) is 0 Å². The molecule has 0 atom stereocenters. The first-order valence-corrected chi connectivity index (χ1v) is 8.10. The molecule has 0 aliphatic heterocycles. The van der Waals surface area contributed by atoms with Crippen LogP contribution in [0, 0.1) is 0 Å². The molecule has 0 spiro atoms. The summed E-state index contributed by atoms with van der Waals surface area (Å²) in [5, 5.41) is 7.39. The first-order valence-electron chi connectivity index (χ1n) is 7.31. The summed E-state index contributed by atoms with van der Waals surface area (Å²) < 4.78 is 2.95. The van der Waals surface area contributed by atoms with Gasteiger partial charge < -0.3 is 5.32 Å². The van der Waals surface area contributed by atoms with Gasteiger partial charge in [-0.05, 0) is 49.4 Å². The molecule has 0 saturated carbocycles. The predicted molar refractivity (Wildman–Crippen MR) is 85.3 cm³/mol. The minimum atomic E-state index is -0.0441. The van der Waals surface area contributed by atoms with Gasteiger partial charge in [0, 0.05) is 22.3 Å². The fraction of sp³-hybridized carbons (Fsp3) is 0.375. The molecule has 1 aromatic carbocycles. The van der Waals surface area contributed by atoms with Gasteiger partial charge in [-0.3, -0.25) is 9.48 Å². The van der Waals surface area contributed by atoms with Crippen LogP contribution in [0.15, 0.2) is 34.9 Å². The van der Waals surface area contributed by atoms with E-state index in [-0.39, 0.29) is 5.91 Å². The Labute approximate surface area is 132 Å². The normalized spacial score (nSPS) is 13.8. The Hall–Kier alpha value is -1.62. The van der Waals surface area contributed by atoms with E-state index >= 15 is 0 Å². The lowest BCUT2D eigenvalue weighted by atomic mass is 9.98. The molecule has 0 saturated heterocycles. The first-order chi connectivity index (χ1) is 10.2. The molecule has 2 aromatic rings. The van der Waals surface area contributed by atoms with Crippen LogP contribution in [0.25, 0.3) is 0 Å². The van der Waals surface area contributed by atoms with E-state index in [1.807, 2.05) is 35.1 Å². The number of carbonyl (C=O) groups is 1. The van der Waals surface area contributed by atoms with E-state index in [1.54, 1.807) is 0 Å². The van der Waals surface area contributed by atoms with Gasteiger partial charge >= 0.3 is 0 Å². The molecule has 1 amide bonds. The largest absolute Gasteiger partial charge is 0.350 e. The molecular weight excluding hydrogens is 330 g/mol. The Balaban J connectivity index is 1.56. The Morgan fingerprint density at radius 2 is 2.19 bits per heavy atom. The van der Waals surface area contributed by atoms with Crippen LogP contribution in [0.4, 0.5) is 0 Å². The molecule has 1 aromatic heterocycles. The summed E-state index contributed by atoms with van der Waals surface area (Å²) in [6.45, 7) is 1.33. The number of halogens is 1. The molecule has 0 fully saturated rings. The number of fused-ring (bicyclic) bond motifs is 1. The highest BCUT2D eigenvalue weighted by molar-refractivity contribution is 9.10. The molecule has 5 heteroatoms. The molecule has 4 nitrogen and oxygen atoms in total. The molecule has 3 rings (SSSR count). The number of carbonyl (C=O) groups excluding carboxylic acids is 1. The lowest BCUT2D eigenvalue weighted by Gasteiger charge is -2.14. The Bertz CT molecular complexity index is 651. The maximum absolute atomic E-state index is 12.1. The van der Waals surface area contributed by atoms with Crippen molar-refractivity contribution in [3.05, 3.63) is 51.8 Å². The van der Waals surface area contributed by atoms with Crippen LogP contribution in [0.1, 0.15) is 34.5 Å². The second-order valence-corrected chi connectivity index (χ2v) is 6.23. The van der Waals surface area contributed by atoms with Crippen molar-refractivity contribution in [1.29, 1.82) is 0 Å². The molecule has 0 bridgehead atoms. The van der Waals surface area contributed by atoms with E-state index in [4.69, 9.17) is 0 Å². The predicted octanol–water partition coefficient (Wildman–Crippen LogP) is 2.95. The summed E-state index contributed by atoms with van der Waals surface area (Å²) in [5.74, 6) is -0.0441. The minimum Gasteiger partial charge on any atom is -0.350 e. The van der Waals surface area contributed by atoms with Crippen molar-refractivity contribution < 1.29 is 4.79 Å². The fourth-order valence-corrected chi connectivity index (χ4v) is 3.15. The highest BCUT2D eigenvalue weighted by Gasteiger charge is 2.14. The molecule has 0 unspecified atom stereocenters. The van der Waals surface area contributed by atoms with Gasteiger partial charge in [0.05, 0.1) is 12.7 Å². The van der Waals surface area contributed by atoms with Crippen LogP contribution in [-0.4, -0.2) is 22.2 Å². The number of benzene rings is 1. The molecule has 1 aliphatic carbocycles. The van der Waals surface area contributed by atoms with Gasteiger partial charge in [0.25, 0.3) is 5.91 Å².